The van der Waals surface area contributed by atoms with Gasteiger partial charge in [0.05, 0.1) is 18.0 Å². The Kier molecular flexibility index (Phi) is 6.19. The van der Waals surface area contributed by atoms with Gasteiger partial charge in [0, 0.05) is 17.8 Å². The summed E-state index contributed by atoms with van der Waals surface area (Å²) in [4.78, 5) is 14.5. The van der Waals surface area contributed by atoms with Crippen LogP contribution in [0.5, 0.6) is 5.75 Å². The van der Waals surface area contributed by atoms with Crippen LogP contribution in [0, 0.1) is 6.92 Å². The number of rotatable bonds is 7. The predicted octanol–water partition coefficient (Wildman–Crippen LogP) is 4.67. The van der Waals surface area contributed by atoms with Gasteiger partial charge in [0.2, 0.25) is 5.91 Å². The molecule has 0 fully saturated rings. The number of anilines is 2. The van der Waals surface area contributed by atoms with Gasteiger partial charge in [-0.1, -0.05) is 30.3 Å². The minimum Gasteiger partial charge on any atom is -0.494 e. The van der Waals surface area contributed by atoms with Gasteiger partial charge in [-0.05, 0) is 73.4 Å². The molecule has 1 N–H and O–H groups in total. The molecular formula is C25H26N2O4S. The lowest BCUT2D eigenvalue weighted by Crippen LogP contribution is -2.34. The Balaban J connectivity index is 1.57. The number of hydrogen-bond acceptors (Lipinski definition) is 4. The maximum atomic E-state index is 12.9. The summed E-state index contributed by atoms with van der Waals surface area (Å²) in [5, 5.41) is 0. The highest BCUT2D eigenvalue weighted by Crippen LogP contribution is 2.32. The zero-order valence-corrected chi connectivity index (χ0v) is 19.0. The Morgan fingerprint density at radius 2 is 1.78 bits per heavy atom. The van der Waals surface area contributed by atoms with E-state index in [1.54, 1.807) is 29.2 Å². The molecule has 1 amide bonds. The summed E-state index contributed by atoms with van der Waals surface area (Å²) in [7, 11) is -3.75. The summed E-state index contributed by atoms with van der Waals surface area (Å²) < 4.78 is 34.0. The highest BCUT2D eigenvalue weighted by atomic mass is 32.2. The van der Waals surface area contributed by atoms with Crippen molar-refractivity contribution in [2.24, 2.45) is 0 Å². The number of sulfonamides is 1. The molecule has 1 heterocycles. The first kappa shape index (κ1) is 21.9. The molecule has 166 valence electrons. The topological polar surface area (TPSA) is 75.7 Å². The maximum absolute atomic E-state index is 12.9. The van der Waals surface area contributed by atoms with Crippen LogP contribution >= 0.6 is 0 Å². The molecule has 0 saturated heterocycles. The van der Waals surface area contributed by atoms with E-state index in [0.717, 1.165) is 22.4 Å². The maximum Gasteiger partial charge on any atom is 0.261 e. The van der Waals surface area contributed by atoms with Gasteiger partial charge in [-0.25, -0.2) is 8.42 Å². The van der Waals surface area contributed by atoms with E-state index in [0.29, 0.717) is 37.4 Å². The van der Waals surface area contributed by atoms with Crippen LogP contribution in [0.4, 0.5) is 11.4 Å². The molecule has 0 radical (unpaired) electrons. The van der Waals surface area contributed by atoms with Crippen molar-refractivity contribution in [1.29, 1.82) is 0 Å². The second-order valence-electron chi connectivity index (χ2n) is 7.77. The quantitative estimate of drug-likeness (QED) is 0.567. The Labute approximate surface area is 188 Å². The van der Waals surface area contributed by atoms with Crippen LogP contribution in [-0.4, -0.2) is 20.9 Å². The highest BCUT2D eigenvalue weighted by molar-refractivity contribution is 7.92. The van der Waals surface area contributed by atoms with Gasteiger partial charge in [-0.15, -0.1) is 0 Å². The molecule has 3 aromatic rings. The number of benzene rings is 3. The van der Waals surface area contributed by atoms with Crippen molar-refractivity contribution in [2.75, 3.05) is 16.2 Å². The number of aryl methyl sites for hydroxylation is 2. The Bertz CT molecular complexity index is 1240. The fourth-order valence-corrected chi connectivity index (χ4v) is 5.02. The van der Waals surface area contributed by atoms with Crippen LogP contribution in [0.25, 0.3) is 0 Å². The van der Waals surface area contributed by atoms with Crippen LogP contribution in [0.2, 0.25) is 0 Å². The number of nitrogens with zero attached hydrogens (tertiary/aromatic N) is 1. The van der Waals surface area contributed by atoms with Gasteiger partial charge >= 0.3 is 0 Å². The molecule has 0 spiro atoms. The van der Waals surface area contributed by atoms with Crippen molar-refractivity contribution in [3.63, 3.8) is 0 Å². The molecule has 7 heteroatoms. The van der Waals surface area contributed by atoms with Gasteiger partial charge in [0.25, 0.3) is 10.0 Å². The molecule has 0 atom stereocenters. The van der Waals surface area contributed by atoms with Crippen LogP contribution in [0.3, 0.4) is 0 Å². The molecule has 6 nitrogen and oxygen atoms in total. The lowest BCUT2D eigenvalue weighted by atomic mass is 10.00. The van der Waals surface area contributed by atoms with E-state index in [1.807, 2.05) is 56.3 Å². The summed E-state index contributed by atoms with van der Waals surface area (Å²) >= 11 is 0. The van der Waals surface area contributed by atoms with Crippen molar-refractivity contribution in [2.45, 2.75) is 38.1 Å². The van der Waals surface area contributed by atoms with E-state index < -0.39 is 10.0 Å². The molecule has 0 aliphatic carbocycles. The molecular weight excluding hydrogens is 424 g/mol. The van der Waals surface area contributed by atoms with Crippen molar-refractivity contribution in [3.05, 3.63) is 83.4 Å². The van der Waals surface area contributed by atoms with E-state index in [2.05, 4.69) is 4.72 Å². The van der Waals surface area contributed by atoms with E-state index in [9.17, 15) is 13.2 Å². The van der Waals surface area contributed by atoms with Gasteiger partial charge in [-0.2, -0.15) is 0 Å². The van der Waals surface area contributed by atoms with Crippen molar-refractivity contribution in [1.82, 2.24) is 0 Å². The SMILES string of the molecule is CCOc1ccc(S(=O)(=O)Nc2ccc3c(c2)CCC(=O)N3Cc2ccccc2)cc1C. The molecule has 0 bridgehead atoms. The van der Waals surface area contributed by atoms with E-state index in [1.165, 1.54) is 0 Å². The van der Waals surface area contributed by atoms with Crippen molar-refractivity contribution in [3.8, 4) is 5.75 Å². The molecule has 32 heavy (non-hydrogen) atoms. The Morgan fingerprint density at radius 3 is 2.50 bits per heavy atom. The molecule has 0 aromatic heterocycles. The van der Waals surface area contributed by atoms with Gasteiger partial charge in [0.15, 0.2) is 0 Å². The number of carbonyl (C=O) groups excluding carboxylic acids is 1. The number of ether oxygens (including phenoxy) is 1. The monoisotopic (exact) mass is 450 g/mol. The first-order valence-corrected chi connectivity index (χ1v) is 12.1. The first-order valence-electron chi connectivity index (χ1n) is 10.6. The van der Waals surface area contributed by atoms with Crippen LogP contribution in [0.15, 0.2) is 71.6 Å². The number of hydrogen-bond donors (Lipinski definition) is 1. The van der Waals surface area contributed by atoms with E-state index >= 15 is 0 Å². The Hall–Kier alpha value is -3.32. The average molecular weight is 451 g/mol. The smallest absolute Gasteiger partial charge is 0.261 e. The lowest BCUT2D eigenvalue weighted by molar-refractivity contribution is -0.119. The molecule has 4 rings (SSSR count). The third-order valence-electron chi connectivity index (χ3n) is 5.47. The van der Waals surface area contributed by atoms with Gasteiger partial charge in [-0.3, -0.25) is 9.52 Å². The molecule has 0 saturated carbocycles. The van der Waals surface area contributed by atoms with Gasteiger partial charge in [0.1, 0.15) is 5.75 Å². The number of nitrogens with one attached hydrogen (secondary N) is 1. The largest absolute Gasteiger partial charge is 0.494 e. The predicted molar refractivity (Wildman–Crippen MR) is 126 cm³/mol. The minimum atomic E-state index is -3.75. The van der Waals surface area contributed by atoms with E-state index in [-0.39, 0.29) is 10.8 Å². The second-order valence-corrected chi connectivity index (χ2v) is 9.46. The first-order chi connectivity index (χ1) is 15.4. The van der Waals surface area contributed by atoms with Gasteiger partial charge < -0.3 is 9.64 Å². The number of amides is 1. The average Bonchev–Trinajstić information content (AvgIpc) is 2.77. The number of fused-ring (bicyclic) bond motifs is 1. The summed E-state index contributed by atoms with van der Waals surface area (Å²) in [5.41, 5.74) is 4.05. The molecule has 3 aromatic carbocycles. The minimum absolute atomic E-state index is 0.0690. The summed E-state index contributed by atoms with van der Waals surface area (Å²) in [5.74, 6) is 0.739. The summed E-state index contributed by atoms with van der Waals surface area (Å²) in [6.45, 7) is 4.71. The summed E-state index contributed by atoms with van der Waals surface area (Å²) in [6.07, 6.45) is 0.977. The fraction of sp³-hybridized carbons (Fsp3) is 0.240. The molecule has 1 aliphatic heterocycles. The van der Waals surface area contributed by atoms with Crippen LogP contribution in [0.1, 0.15) is 30.0 Å². The number of carbonyl (C=O) groups is 1. The third-order valence-corrected chi connectivity index (χ3v) is 6.85. The molecule has 1 aliphatic rings. The standard InChI is InChI=1S/C25H26N2O4S/c1-3-31-24-13-11-22(15-18(24)2)32(29,30)26-21-10-12-23-20(16-21)9-14-25(28)27(23)17-19-7-5-4-6-8-19/h4-8,10-13,15-16,26H,3,9,14,17H2,1-2H3. The van der Waals surface area contributed by atoms with Crippen molar-refractivity contribution >= 4 is 27.3 Å². The second kappa shape index (κ2) is 9.04. The zero-order chi connectivity index (χ0) is 22.7. The normalized spacial score (nSPS) is 13.6. The molecule has 0 unspecified atom stereocenters. The highest BCUT2D eigenvalue weighted by Gasteiger charge is 2.25. The van der Waals surface area contributed by atoms with Crippen LogP contribution in [-0.2, 0) is 27.8 Å². The van der Waals surface area contributed by atoms with E-state index in [4.69, 9.17) is 4.74 Å². The fourth-order valence-electron chi connectivity index (χ4n) is 3.88. The zero-order valence-electron chi connectivity index (χ0n) is 18.2. The van der Waals surface area contributed by atoms with Crippen molar-refractivity contribution < 1.29 is 17.9 Å². The summed E-state index contributed by atoms with van der Waals surface area (Å²) in [6, 6.07) is 20.0. The Morgan fingerprint density at radius 1 is 1.00 bits per heavy atom. The van der Waals surface area contributed by atoms with Crippen LogP contribution < -0.4 is 14.4 Å². The lowest BCUT2D eigenvalue weighted by Gasteiger charge is -2.30. The third kappa shape index (κ3) is 4.62.